The van der Waals surface area contributed by atoms with Gasteiger partial charge < -0.3 is 4.74 Å². The molecule has 2 nitrogen and oxygen atoms in total. The van der Waals surface area contributed by atoms with Crippen LogP contribution < -0.4 is 0 Å². The number of esters is 1. The SMILES string of the molecule is CCC(C)C(CC)C(=O)OCCC(C(F)(F)F)C(F)(F)F. The summed E-state index contributed by atoms with van der Waals surface area (Å²) < 4.78 is 78.3. The molecule has 0 aliphatic rings. The highest BCUT2D eigenvalue weighted by Crippen LogP contribution is 2.41. The fourth-order valence-electron chi connectivity index (χ4n) is 1.98. The van der Waals surface area contributed by atoms with Crippen molar-refractivity contribution >= 4 is 5.97 Å². The third kappa shape index (κ3) is 6.56. The molecule has 0 heterocycles. The molecule has 0 aromatic rings. The Morgan fingerprint density at radius 1 is 1.00 bits per heavy atom. The Kier molecular flexibility index (Phi) is 7.53. The quantitative estimate of drug-likeness (QED) is 0.500. The van der Waals surface area contributed by atoms with Crippen LogP contribution in [0, 0.1) is 17.8 Å². The molecule has 0 rings (SSSR count). The van der Waals surface area contributed by atoms with Crippen molar-refractivity contribution in [1.29, 1.82) is 0 Å². The minimum Gasteiger partial charge on any atom is -0.465 e. The summed E-state index contributed by atoms with van der Waals surface area (Å²) in [4.78, 5) is 11.7. The fraction of sp³-hybridized carbons (Fsp3) is 0.923. The molecular weight excluding hydrogens is 302 g/mol. The molecule has 21 heavy (non-hydrogen) atoms. The molecular formula is C13H20F6O2. The summed E-state index contributed by atoms with van der Waals surface area (Å²) in [5.41, 5.74) is 0. The highest BCUT2D eigenvalue weighted by atomic mass is 19.4. The largest absolute Gasteiger partial charge is 0.465 e. The van der Waals surface area contributed by atoms with E-state index in [1.807, 2.05) is 6.92 Å². The summed E-state index contributed by atoms with van der Waals surface area (Å²) in [5.74, 6) is -4.76. The molecule has 0 fully saturated rings. The lowest BCUT2D eigenvalue weighted by Crippen LogP contribution is -2.37. The van der Waals surface area contributed by atoms with Gasteiger partial charge in [-0.15, -0.1) is 0 Å². The first kappa shape index (κ1) is 20.1. The lowest BCUT2D eigenvalue weighted by atomic mass is 9.90. The summed E-state index contributed by atoms with van der Waals surface area (Å²) in [6.07, 6.45) is -11.0. The zero-order valence-corrected chi connectivity index (χ0v) is 12.1. The molecule has 2 unspecified atom stereocenters. The first-order valence-electron chi connectivity index (χ1n) is 6.75. The van der Waals surface area contributed by atoms with E-state index >= 15 is 0 Å². The van der Waals surface area contributed by atoms with Crippen LogP contribution in [0.25, 0.3) is 0 Å². The van der Waals surface area contributed by atoms with Crippen molar-refractivity contribution in [3.63, 3.8) is 0 Å². The van der Waals surface area contributed by atoms with Crippen LogP contribution in [0.4, 0.5) is 26.3 Å². The van der Waals surface area contributed by atoms with Gasteiger partial charge in [-0.1, -0.05) is 27.2 Å². The Bertz CT molecular complexity index is 310. The number of alkyl halides is 6. The van der Waals surface area contributed by atoms with Gasteiger partial charge in [-0.05, 0) is 12.3 Å². The number of hydrogen-bond acceptors (Lipinski definition) is 2. The monoisotopic (exact) mass is 322 g/mol. The Hall–Kier alpha value is -0.950. The number of halogens is 6. The van der Waals surface area contributed by atoms with Gasteiger partial charge >= 0.3 is 18.3 Å². The Morgan fingerprint density at radius 3 is 1.81 bits per heavy atom. The van der Waals surface area contributed by atoms with Crippen molar-refractivity contribution in [2.45, 2.75) is 52.4 Å². The molecule has 0 N–H and O–H groups in total. The van der Waals surface area contributed by atoms with Gasteiger partial charge in [0, 0.05) is 6.42 Å². The molecule has 126 valence electrons. The van der Waals surface area contributed by atoms with Crippen molar-refractivity contribution in [2.24, 2.45) is 17.8 Å². The van der Waals surface area contributed by atoms with E-state index in [2.05, 4.69) is 4.74 Å². The van der Waals surface area contributed by atoms with Crippen LogP contribution >= 0.6 is 0 Å². The molecule has 0 saturated carbocycles. The molecule has 2 atom stereocenters. The molecule has 0 aromatic heterocycles. The van der Waals surface area contributed by atoms with E-state index in [0.717, 1.165) is 0 Å². The molecule has 0 radical (unpaired) electrons. The van der Waals surface area contributed by atoms with Crippen molar-refractivity contribution in [3.05, 3.63) is 0 Å². The molecule has 0 bridgehead atoms. The number of rotatable bonds is 7. The van der Waals surface area contributed by atoms with E-state index in [1.165, 1.54) is 0 Å². The van der Waals surface area contributed by atoms with Crippen molar-refractivity contribution in [3.8, 4) is 0 Å². The lowest BCUT2D eigenvalue weighted by Gasteiger charge is -2.24. The van der Waals surface area contributed by atoms with Gasteiger partial charge in [0.05, 0.1) is 12.5 Å². The molecule has 0 aliphatic carbocycles. The molecule has 0 aromatic carbocycles. The van der Waals surface area contributed by atoms with Gasteiger partial charge in [-0.25, -0.2) is 0 Å². The first-order valence-corrected chi connectivity index (χ1v) is 6.75. The topological polar surface area (TPSA) is 26.3 Å². The van der Waals surface area contributed by atoms with Crippen LogP contribution in [0.2, 0.25) is 0 Å². The second kappa shape index (κ2) is 7.89. The number of ether oxygens (including phenoxy) is 1. The summed E-state index contributed by atoms with van der Waals surface area (Å²) >= 11 is 0. The minimum atomic E-state index is -5.40. The highest BCUT2D eigenvalue weighted by molar-refractivity contribution is 5.72. The smallest absolute Gasteiger partial charge is 0.400 e. The van der Waals surface area contributed by atoms with Crippen LogP contribution in [0.1, 0.15) is 40.0 Å². The van der Waals surface area contributed by atoms with Gasteiger partial charge in [0.1, 0.15) is 0 Å². The lowest BCUT2D eigenvalue weighted by molar-refractivity contribution is -0.287. The van der Waals surface area contributed by atoms with Crippen LogP contribution in [-0.4, -0.2) is 24.9 Å². The van der Waals surface area contributed by atoms with Crippen LogP contribution in [0.3, 0.4) is 0 Å². The van der Waals surface area contributed by atoms with Crippen molar-refractivity contribution in [1.82, 2.24) is 0 Å². The van der Waals surface area contributed by atoms with Crippen molar-refractivity contribution < 1.29 is 35.9 Å². The van der Waals surface area contributed by atoms with Crippen LogP contribution in [-0.2, 0) is 9.53 Å². The second-order valence-corrected chi connectivity index (χ2v) is 4.99. The van der Waals surface area contributed by atoms with E-state index in [1.54, 1.807) is 13.8 Å². The maximum Gasteiger partial charge on any atom is 0.400 e. The minimum absolute atomic E-state index is 0.0384. The Labute approximate surface area is 119 Å². The highest BCUT2D eigenvalue weighted by Gasteiger charge is 2.56. The zero-order valence-electron chi connectivity index (χ0n) is 12.1. The maximum absolute atomic E-state index is 12.3. The maximum atomic E-state index is 12.3. The fourth-order valence-corrected chi connectivity index (χ4v) is 1.98. The summed E-state index contributed by atoms with van der Waals surface area (Å²) in [6.45, 7) is 4.44. The number of hydrogen-bond donors (Lipinski definition) is 0. The Balaban J connectivity index is 4.55. The van der Waals surface area contributed by atoms with E-state index in [-0.39, 0.29) is 5.92 Å². The summed E-state index contributed by atoms with van der Waals surface area (Å²) in [5, 5.41) is 0. The number of carbonyl (C=O) groups excluding carboxylic acids is 1. The normalized spacial score (nSPS) is 15.9. The predicted molar refractivity (Wildman–Crippen MR) is 64.4 cm³/mol. The van der Waals surface area contributed by atoms with Crippen LogP contribution in [0.5, 0.6) is 0 Å². The van der Waals surface area contributed by atoms with E-state index in [0.29, 0.717) is 12.8 Å². The molecule has 0 amide bonds. The third-order valence-electron chi connectivity index (χ3n) is 3.51. The second-order valence-electron chi connectivity index (χ2n) is 4.99. The average Bonchev–Trinajstić information content (AvgIpc) is 2.31. The average molecular weight is 322 g/mol. The van der Waals surface area contributed by atoms with Gasteiger partial charge in [-0.3, -0.25) is 4.79 Å². The summed E-state index contributed by atoms with van der Waals surface area (Å²) in [6, 6.07) is 0. The van der Waals surface area contributed by atoms with Gasteiger partial charge in [0.15, 0.2) is 5.92 Å². The van der Waals surface area contributed by atoms with Gasteiger partial charge in [0.25, 0.3) is 0 Å². The standard InChI is InChI=1S/C13H20F6O2/c1-4-8(3)9(5-2)11(20)21-7-6-10(12(14,15)16)13(17,18)19/h8-10H,4-7H2,1-3H3. The Morgan fingerprint density at radius 2 is 1.48 bits per heavy atom. The van der Waals surface area contributed by atoms with Crippen LogP contribution in [0.15, 0.2) is 0 Å². The summed E-state index contributed by atoms with van der Waals surface area (Å²) in [7, 11) is 0. The zero-order chi connectivity index (χ0) is 16.8. The van der Waals surface area contributed by atoms with E-state index in [9.17, 15) is 31.1 Å². The molecule has 0 saturated heterocycles. The van der Waals surface area contributed by atoms with Crippen molar-refractivity contribution in [2.75, 3.05) is 6.61 Å². The van der Waals surface area contributed by atoms with Gasteiger partial charge in [-0.2, -0.15) is 26.3 Å². The molecule has 0 aliphatic heterocycles. The predicted octanol–water partition coefficient (Wildman–Crippen LogP) is 4.73. The third-order valence-corrected chi connectivity index (χ3v) is 3.51. The number of carbonyl (C=O) groups is 1. The van der Waals surface area contributed by atoms with Gasteiger partial charge in [0.2, 0.25) is 0 Å². The van der Waals surface area contributed by atoms with E-state index in [4.69, 9.17) is 0 Å². The molecule has 8 heteroatoms. The van der Waals surface area contributed by atoms with E-state index < -0.39 is 43.2 Å². The first-order chi connectivity index (χ1) is 9.45. The molecule has 0 spiro atoms.